The number of hydrogen-bond acceptors (Lipinski definition) is 3. The summed E-state index contributed by atoms with van der Waals surface area (Å²) in [4.78, 5) is 2.77. The van der Waals surface area contributed by atoms with E-state index in [2.05, 4.69) is 25.2 Å². The molecule has 0 bridgehead atoms. The molecule has 0 saturated heterocycles. The minimum absolute atomic E-state index is 0.447. The van der Waals surface area contributed by atoms with E-state index in [0.29, 0.717) is 0 Å². The first-order chi connectivity index (χ1) is 8.09. The molecule has 17 heavy (non-hydrogen) atoms. The lowest BCUT2D eigenvalue weighted by Gasteiger charge is -2.32. The highest BCUT2D eigenvalue weighted by Crippen LogP contribution is 2.27. The fraction of sp³-hybridized carbons (Fsp3) is 0.714. The third-order valence-electron chi connectivity index (χ3n) is 3.70. The number of aryl methyl sites for hydroxylation is 2. The molecule has 2 rings (SSSR count). The second-order valence-corrected chi connectivity index (χ2v) is 6.79. The molecule has 3 heteroatoms. The summed E-state index contributed by atoms with van der Waals surface area (Å²) in [5, 5.41) is 13.8. The molecule has 2 N–H and O–H groups in total. The summed E-state index contributed by atoms with van der Waals surface area (Å²) in [6.07, 6.45) is 5.55. The van der Waals surface area contributed by atoms with Crippen molar-refractivity contribution < 1.29 is 5.11 Å². The molecule has 0 aromatic carbocycles. The number of nitrogens with one attached hydrogen (secondary N) is 1. The molecule has 2 nitrogen and oxygen atoms in total. The van der Waals surface area contributed by atoms with Gasteiger partial charge in [-0.25, -0.2) is 0 Å². The first-order valence-corrected chi connectivity index (χ1v) is 7.40. The molecule has 1 heterocycles. The Hall–Kier alpha value is -0.380. The van der Waals surface area contributed by atoms with Gasteiger partial charge in [0, 0.05) is 22.8 Å². The predicted molar refractivity (Wildman–Crippen MR) is 73.5 cm³/mol. The van der Waals surface area contributed by atoms with Crippen molar-refractivity contribution in [3.63, 3.8) is 0 Å². The lowest BCUT2D eigenvalue weighted by atomic mass is 9.85. The minimum Gasteiger partial charge on any atom is -0.389 e. The van der Waals surface area contributed by atoms with E-state index in [0.717, 1.165) is 25.9 Å². The number of hydrogen-bond donors (Lipinski definition) is 2. The average Bonchev–Trinajstić information content (AvgIpc) is 2.58. The molecule has 0 atom stereocenters. The van der Waals surface area contributed by atoms with Crippen LogP contribution in [0.1, 0.15) is 47.4 Å². The SMILES string of the molecule is Cc1cc(CNCC2(O)CCCCC2)c(C)s1. The molecule has 1 aromatic rings. The van der Waals surface area contributed by atoms with Gasteiger partial charge in [0.1, 0.15) is 0 Å². The van der Waals surface area contributed by atoms with E-state index >= 15 is 0 Å². The molecule has 1 saturated carbocycles. The van der Waals surface area contributed by atoms with E-state index in [1.54, 1.807) is 0 Å². The summed E-state index contributed by atoms with van der Waals surface area (Å²) >= 11 is 1.85. The summed E-state index contributed by atoms with van der Waals surface area (Å²) in [5.41, 5.74) is 0.934. The zero-order valence-electron chi connectivity index (χ0n) is 10.9. The molecule has 0 spiro atoms. The van der Waals surface area contributed by atoms with Gasteiger partial charge in [0.15, 0.2) is 0 Å². The second kappa shape index (κ2) is 5.51. The Morgan fingerprint density at radius 1 is 1.29 bits per heavy atom. The van der Waals surface area contributed by atoms with Crippen molar-refractivity contribution in [2.75, 3.05) is 6.54 Å². The molecule has 0 amide bonds. The number of thiophene rings is 1. The van der Waals surface area contributed by atoms with Gasteiger partial charge < -0.3 is 10.4 Å². The van der Waals surface area contributed by atoms with Crippen LogP contribution in [0.15, 0.2) is 6.07 Å². The molecule has 96 valence electrons. The Kier molecular flexibility index (Phi) is 4.23. The van der Waals surface area contributed by atoms with Gasteiger partial charge in [-0.05, 0) is 38.3 Å². The fourth-order valence-corrected chi connectivity index (χ4v) is 3.62. The van der Waals surface area contributed by atoms with Crippen LogP contribution in [0.4, 0.5) is 0 Å². The molecule has 1 aliphatic rings. The molecular weight excluding hydrogens is 230 g/mol. The van der Waals surface area contributed by atoms with Crippen molar-refractivity contribution in [2.24, 2.45) is 0 Å². The van der Waals surface area contributed by atoms with E-state index in [4.69, 9.17) is 0 Å². The lowest BCUT2D eigenvalue weighted by Crippen LogP contribution is -2.41. The van der Waals surface area contributed by atoms with E-state index in [9.17, 15) is 5.11 Å². The quantitative estimate of drug-likeness (QED) is 0.864. The lowest BCUT2D eigenvalue weighted by molar-refractivity contribution is 0.00467. The maximum absolute atomic E-state index is 10.4. The van der Waals surface area contributed by atoms with Gasteiger partial charge >= 0.3 is 0 Å². The third-order valence-corrected chi connectivity index (χ3v) is 4.71. The van der Waals surface area contributed by atoms with Crippen LogP contribution in [0, 0.1) is 13.8 Å². The van der Waals surface area contributed by atoms with E-state index in [1.165, 1.54) is 34.6 Å². The van der Waals surface area contributed by atoms with Crippen molar-refractivity contribution in [3.8, 4) is 0 Å². The minimum atomic E-state index is -0.447. The largest absolute Gasteiger partial charge is 0.389 e. The first kappa shape index (κ1) is 13.1. The summed E-state index contributed by atoms with van der Waals surface area (Å²) in [6.45, 7) is 5.94. The van der Waals surface area contributed by atoms with Gasteiger partial charge in [-0.1, -0.05) is 19.3 Å². The first-order valence-electron chi connectivity index (χ1n) is 6.58. The Balaban J connectivity index is 1.81. The maximum Gasteiger partial charge on any atom is 0.0771 e. The zero-order valence-corrected chi connectivity index (χ0v) is 11.7. The highest BCUT2D eigenvalue weighted by Gasteiger charge is 2.28. The molecule has 0 unspecified atom stereocenters. The van der Waals surface area contributed by atoms with Crippen LogP contribution < -0.4 is 5.32 Å². The van der Waals surface area contributed by atoms with Crippen LogP contribution >= 0.6 is 11.3 Å². The van der Waals surface area contributed by atoms with Gasteiger partial charge in [0.25, 0.3) is 0 Å². The van der Waals surface area contributed by atoms with Gasteiger partial charge in [-0.2, -0.15) is 0 Å². The van der Waals surface area contributed by atoms with Crippen LogP contribution in [-0.2, 0) is 6.54 Å². The molecule has 1 fully saturated rings. The molecule has 0 aliphatic heterocycles. The van der Waals surface area contributed by atoms with Crippen molar-refractivity contribution in [1.82, 2.24) is 5.32 Å². The summed E-state index contributed by atoms with van der Waals surface area (Å²) in [5.74, 6) is 0. The Labute approximate surface area is 108 Å². The van der Waals surface area contributed by atoms with Crippen molar-refractivity contribution in [2.45, 2.75) is 58.1 Å². The highest BCUT2D eigenvalue weighted by molar-refractivity contribution is 7.12. The van der Waals surface area contributed by atoms with E-state index in [-0.39, 0.29) is 0 Å². The van der Waals surface area contributed by atoms with Crippen LogP contribution in [0.5, 0.6) is 0 Å². The average molecular weight is 253 g/mol. The third kappa shape index (κ3) is 3.54. The monoisotopic (exact) mass is 253 g/mol. The Bertz CT molecular complexity index is 366. The summed E-state index contributed by atoms with van der Waals surface area (Å²) < 4.78 is 0. The summed E-state index contributed by atoms with van der Waals surface area (Å²) in [7, 11) is 0. The van der Waals surface area contributed by atoms with Crippen LogP contribution in [0.25, 0.3) is 0 Å². The fourth-order valence-electron chi connectivity index (χ4n) is 2.68. The van der Waals surface area contributed by atoms with Gasteiger partial charge in [-0.15, -0.1) is 11.3 Å². The van der Waals surface area contributed by atoms with Gasteiger partial charge in [-0.3, -0.25) is 0 Å². The van der Waals surface area contributed by atoms with E-state index < -0.39 is 5.60 Å². The van der Waals surface area contributed by atoms with Crippen LogP contribution in [0.2, 0.25) is 0 Å². The zero-order chi connectivity index (χ0) is 12.3. The van der Waals surface area contributed by atoms with Gasteiger partial charge in [0.05, 0.1) is 5.60 Å². The second-order valence-electron chi connectivity index (χ2n) is 5.33. The smallest absolute Gasteiger partial charge is 0.0771 e. The normalized spacial score (nSPS) is 19.5. The predicted octanol–water partition coefficient (Wildman–Crippen LogP) is 3.15. The maximum atomic E-state index is 10.4. The van der Waals surface area contributed by atoms with Crippen molar-refractivity contribution >= 4 is 11.3 Å². The molecular formula is C14H23NOS. The van der Waals surface area contributed by atoms with Gasteiger partial charge in [0.2, 0.25) is 0 Å². The standard InChI is InChI=1S/C14H23NOS/c1-11-8-13(12(2)17-11)9-15-10-14(16)6-4-3-5-7-14/h8,15-16H,3-7,9-10H2,1-2H3. The van der Waals surface area contributed by atoms with Crippen molar-refractivity contribution in [1.29, 1.82) is 0 Å². The van der Waals surface area contributed by atoms with E-state index in [1.807, 2.05) is 11.3 Å². The molecule has 1 aliphatic carbocycles. The molecule has 1 aromatic heterocycles. The number of rotatable bonds is 4. The Morgan fingerprint density at radius 3 is 2.59 bits per heavy atom. The Morgan fingerprint density at radius 2 is 2.00 bits per heavy atom. The van der Waals surface area contributed by atoms with Crippen molar-refractivity contribution in [3.05, 3.63) is 21.4 Å². The van der Waals surface area contributed by atoms with Crippen LogP contribution in [0.3, 0.4) is 0 Å². The van der Waals surface area contributed by atoms with Crippen LogP contribution in [-0.4, -0.2) is 17.3 Å². The topological polar surface area (TPSA) is 32.3 Å². The highest BCUT2D eigenvalue weighted by atomic mass is 32.1. The summed E-state index contributed by atoms with van der Waals surface area (Å²) in [6, 6.07) is 2.25. The number of aliphatic hydroxyl groups is 1. The molecule has 0 radical (unpaired) electrons.